The van der Waals surface area contributed by atoms with Gasteiger partial charge in [0, 0.05) is 23.0 Å². The molecule has 9 heteroatoms. The summed E-state index contributed by atoms with van der Waals surface area (Å²) in [4.78, 5) is 15.1. The van der Waals surface area contributed by atoms with Crippen molar-refractivity contribution in [2.75, 3.05) is 26.0 Å². The minimum absolute atomic E-state index is 0.00797. The van der Waals surface area contributed by atoms with E-state index in [4.69, 9.17) is 0 Å². The lowest BCUT2D eigenvalue weighted by atomic mass is 9.72. The maximum absolute atomic E-state index is 13.1. The van der Waals surface area contributed by atoms with E-state index >= 15 is 0 Å². The maximum atomic E-state index is 13.1. The van der Waals surface area contributed by atoms with Gasteiger partial charge in [-0.25, -0.2) is 9.97 Å². The molecule has 152 valence electrons. The second kappa shape index (κ2) is 6.53. The van der Waals surface area contributed by atoms with Crippen LogP contribution in [0.15, 0.2) is 6.33 Å². The van der Waals surface area contributed by atoms with Gasteiger partial charge < -0.3 is 10.2 Å². The van der Waals surface area contributed by atoms with E-state index in [-0.39, 0.29) is 18.1 Å². The van der Waals surface area contributed by atoms with Crippen LogP contribution < -0.4 is 5.32 Å². The van der Waals surface area contributed by atoms with Crippen LogP contribution in [0, 0.1) is 0 Å². The van der Waals surface area contributed by atoms with E-state index in [2.05, 4.69) is 20.2 Å². The first-order chi connectivity index (χ1) is 13.3. The number of rotatable bonds is 4. The van der Waals surface area contributed by atoms with Crippen LogP contribution >= 0.6 is 11.3 Å². The van der Waals surface area contributed by atoms with Crippen molar-refractivity contribution >= 4 is 27.4 Å². The molecule has 2 aliphatic carbocycles. The highest BCUT2D eigenvalue weighted by Gasteiger charge is 2.56. The van der Waals surface area contributed by atoms with Crippen LogP contribution in [0.3, 0.4) is 0 Å². The van der Waals surface area contributed by atoms with Gasteiger partial charge in [0.2, 0.25) is 0 Å². The normalized spacial score (nSPS) is 29.9. The molecular weight excluding hydrogens is 387 g/mol. The number of aromatic nitrogens is 2. The van der Waals surface area contributed by atoms with Gasteiger partial charge in [0.25, 0.3) is 0 Å². The highest BCUT2D eigenvalue weighted by Crippen LogP contribution is 2.45. The van der Waals surface area contributed by atoms with Crippen molar-refractivity contribution in [3.05, 3.63) is 16.8 Å². The summed E-state index contributed by atoms with van der Waals surface area (Å²) in [5.74, 6) is 0.805. The van der Waals surface area contributed by atoms with Crippen molar-refractivity contribution in [1.82, 2.24) is 19.8 Å². The number of piperidine rings is 1. The second-order valence-electron chi connectivity index (χ2n) is 8.44. The van der Waals surface area contributed by atoms with E-state index < -0.39 is 12.7 Å². The van der Waals surface area contributed by atoms with Gasteiger partial charge in [-0.2, -0.15) is 13.2 Å². The average Bonchev–Trinajstić information content (AvgIpc) is 3.21. The van der Waals surface area contributed by atoms with Crippen LogP contribution in [-0.4, -0.2) is 70.8 Å². The van der Waals surface area contributed by atoms with Crippen molar-refractivity contribution in [2.45, 2.75) is 62.4 Å². The number of hydrogen-bond donors (Lipinski definition) is 1. The summed E-state index contributed by atoms with van der Waals surface area (Å²) in [5.41, 5.74) is 1.34. The molecule has 4 aliphatic rings. The topological polar surface area (TPSA) is 44.3 Å². The van der Waals surface area contributed by atoms with Crippen LogP contribution in [0.25, 0.3) is 10.2 Å². The third-order valence-electron chi connectivity index (χ3n) is 6.61. The number of aryl methyl sites for hydroxylation is 2. The molecule has 5 nitrogen and oxygen atoms in total. The summed E-state index contributed by atoms with van der Waals surface area (Å²) in [6, 6.07) is 0.0934. The van der Waals surface area contributed by atoms with Crippen LogP contribution in [-0.2, 0) is 12.8 Å². The molecule has 2 aromatic heterocycles. The summed E-state index contributed by atoms with van der Waals surface area (Å²) in [6.45, 7) is -0.826. The maximum Gasteiger partial charge on any atom is 0.401 e. The molecule has 2 aliphatic heterocycles. The Morgan fingerprint density at radius 3 is 2.64 bits per heavy atom. The van der Waals surface area contributed by atoms with Crippen molar-refractivity contribution in [3.63, 3.8) is 0 Å². The molecule has 0 aromatic carbocycles. The van der Waals surface area contributed by atoms with Crippen molar-refractivity contribution in [3.8, 4) is 0 Å². The number of alkyl halides is 3. The Morgan fingerprint density at radius 2 is 1.96 bits per heavy atom. The van der Waals surface area contributed by atoms with E-state index in [9.17, 15) is 13.2 Å². The Labute approximate surface area is 165 Å². The molecular formula is C19H24F3N5S. The lowest BCUT2D eigenvalue weighted by Crippen LogP contribution is -2.76. The quantitative estimate of drug-likeness (QED) is 0.837. The minimum atomic E-state index is -4.16. The number of nitrogens with zero attached hydrogens (tertiary/aromatic N) is 4. The second-order valence-corrected chi connectivity index (χ2v) is 9.52. The molecule has 6 rings (SSSR count). The fourth-order valence-electron chi connectivity index (χ4n) is 5.28. The molecule has 2 saturated heterocycles. The van der Waals surface area contributed by atoms with E-state index in [1.165, 1.54) is 10.4 Å². The molecule has 3 fully saturated rings. The predicted octanol–water partition coefficient (Wildman–Crippen LogP) is 3.30. The molecule has 2 bridgehead atoms. The first-order valence-corrected chi connectivity index (χ1v) is 10.6. The fraction of sp³-hybridized carbons (Fsp3) is 0.684. The average molecular weight is 411 g/mol. The predicted molar refractivity (Wildman–Crippen MR) is 104 cm³/mol. The van der Waals surface area contributed by atoms with E-state index in [1.54, 1.807) is 22.6 Å². The first-order valence-electron chi connectivity index (χ1n) is 9.82. The van der Waals surface area contributed by atoms with E-state index in [1.807, 2.05) is 14.1 Å². The van der Waals surface area contributed by atoms with Gasteiger partial charge in [-0.15, -0.1) is 11.3 Å². The first kappa shape index (κ1) is 18.6. The summed E-state index contributed by atoms with van der Waals surface area (Å²) < 4.78 is 39.2. The zero-order valence-electron chi connectivity index (χ0n) is 16.0. The van der Waals surface area contributed by atoms with Crippen LogP contribution in [0.5, 0.6) is 0 Å². The Kier molecular flexibility index (Phi) is 4.33. The number of fused-ring (bicyclic) bond motifs is 5. The SMILES string of the molecule is CN(C)[C@@H]1C[C@@H]2C(Nc3ncnc4sc5c(c34)CCC5)[C@H](C1)N2CC(F)(F)F. The highest BCUT2D eigenvalue weighted by molar-refractivity contribution is 7.19. The third-order valence-corrected chi connectivity index (χ3v) is 7.80. The molecule has 4 heterocycles. The molecule has 0 amide bonds. The molecule has 1 N–H and O–H groups in total. The lowest BCUT2D eigenvalue weighted by Gasteiger charge is -2.61. The number of hydrogen-bond acceptors (Lipinski definition) is 6. The largest absolute Gasteiger partial charge is 0.401 e. The van der Waals surface area contributed by atoms with Gasteiger partial charge in [0.15, 0.2) is 0 Å². The van der Waals surface area contributed by atoms with Crippen molar-refractivity contribution < 1.29 is 13.2 Å². The standard InChI is InChI=1S/C19H24F3N5S/c1-26(2)10-6-12-16(13(7-10)27(12)8-19(20,21)22)25-17-15-11-4-3-5-14(11)28-18(15)24-9-23-17/h9-10,12-13,16H,3-8H2,1-2H3,(H,23,24,25)/t10-,12-,13+,16?. The van der Waals surface area contributed by atoms with Gasteiger partial charge in [-0.3, -0.25) is 4.90 Å². The molecule has 1 saturated carbocycles. The molecule has 0 radical (unpaired) electrons. The Hall–Kier alpha value is -1.45. The Bertz CT molecular complexity index is 882. The number of anilines is 1. The molecule has 1 unspecified atom stereocenters. The van der Waals surface area contributed by atoms with Gasteiger partial charge in [-0.05, 0) is 51.8 Å². The minimum Gasteiger partial charge on any atom is -0.364 e. The Morgan fingerprint density at radius 1 is 1.21 bits per heavy atom. The summed E-state index contributed by atoms with van der Waals surface area (Å²) in [7, 11) is 4.02. The Balaban J connectivity index is 1.42. The number of halogens is 3. The summed E-state index contributed by atoms with van der Waals surface area (Å²) >= 11 is 1.73. The van der Waals surface area contributed by atoms with Gasteiger partial charge in [0.1, 0.15) is 17.0 Å². The van der Waals surface area contributed by atoms with Crippen LogP contribution in [0.4, 0.5) is 19.0 Å². The third kappa shape index (κ3) is 2.98. The molecule has 28 heavy (non-hydrogen) atoms. The van der Waals surface area contributed by atoms with Crippen molar-refractivity contribution in [2.24, 2.45) is 0 Å². The lowest BCUT2D eigenvalue weighted by molar-refractivity contribution is -0.189. The van der Waals surface area contributed by atoms with Crippen LogP contribution in [0.2, 0.25) is 0 Å². The molecule has 2 aromatic rings. The van der Waals surface area contributed by atoms with E-state index in [0.717, 1.165) is 48.1 Å². The van der Waals surface area contributed by atoms with Gasteiger partial charge in [-0.1, -0.05) is 0 Å². The zero-order chi connectivity index (χ0) is 19.6. The van der Waals surface area contributed by atoms with Crippen molar-refractivity contribution in [1.29, 1.82) is 0 Å². The van der Waals surface area contributed by atoms with Crippen LogP contribution in [0.1, 0.15) is 29.7 Å². The summed E-state index contributed by atoms with van der Waals surface area (Å²) in [6.07, 6.45) is 2.18. The monoisotopic (exact) mass is 411 g/mol. The van der Waals surface area contributed by atoms with Gasteiger partial charge in [0.05, 0.1) is 18.0 Å². The highest BCUT2D eigenvalue weighted by atomic mass is 32.1. The molecule has 4 atom stereocenters. The van der Waals surface area contributed by atoms with E-state index in [0.29, 0.717) is 6.04 Å². The molecule has 0 spiro atoms. The number of thiophene rings is 1. The van der Waals surface area contributed by atoms with Gasteiger partial charge >= 0.3 is 6.18 Å². The fourth-order valence-corrected chi connectivity index (χ4v) is 6.51. The number of nitrogens with one attached hydrogen (secondary N) is 1. The summed E-state index contributed by atoms with van der Waals surface area (Å²) in [5, 5.41) is 4.64. The zero-order valence-corrected chi connectivity index (χ0v) is 16.8. The smallest absolute Gasteiger partial charge is 0.364 e.